The third-order valence-corrected chi connectivity index (χ3v) is 4.37. The number of H-pyrrole nitrogens is 1. The second-order valence-electron chi connectivity index (χ2n) is 8.25. The highest BCUT2D eigenvalue weighted by molar-refractivity contribution is 5.97. The molecule has 0 saturated carbocycles. The molecular weight excluding hydrogens is 415 g/mol. The van der Waals surface area contributed by atoms with Gasteiger partial charge in [0.05, 0.1) is 22.3 Å². The minimum absolute atomic E-state index is 0.110. The van der Waals surface area contributed by atoms with Gasteiger partial charge in [-0.2, -0.15) is 0 Å². The molecule has 3 N–H and O–H groups in total. The Morgan fingerprint density at radius 2 is 1.84 bits per heavy atom. The van der Waals surface area contributed by atoms with Crippen molar-refractivity contribution in [3.8, 4) is 0 Å². The molecule has 1 aromatic heterocycles. The summed E-state index contributed by atoms with van der Waals surface area (Å²) in [4.78, 5) is 43.7. The number of rotatable bonds is 6. The van der Waals surface area contributed by atoms with Gasteiger partial charge in [-0.3, -0.25) is 14.9 Å². The van der Waals surface area contributed by atoms with E-state index in [1.807, 2.05) is 0 Å². The lowest BCUT2D eigenvalue weighted by Gasteiger charge is -2.20. The molecular formula is C23H25FN4O4. The van der Waals surface area contributed by atoms with Crippen molar-refractivity contribution in [3.63, 3.8) is 0 Å². The number of hydrogen-bond donors (Lipinski definition) is 3. The highest BCUT2D eigenvalue weighted by Crippen LogP contribution is 2.24. The Bertz CT molecular complexity index is 1200. The number of fused-ring (bicyclic) bond motifs is 1. The third kappa shape index (κ3) is 6.37. The van der Waals surface area contributed by atoms with Crippen LogP contribution in [0.25, 0.3) is 10.9 Å². The van der Waals surface area contributed by atoms with Gasteiger partial charge in [0.1, 0.15) is 17.2 Å². The zero-order valence-corrected chi connectivity index (χ0v) is 18.1. The van der Waals surface area contributed by atoms with Crippen molar-refractivity contribution in [1.29, 1.82) is 0 Å². The van der Waals surface area contributed by atoms with Crippen LogP contribution in [-0.2, 0) is 16.0 Å². The van der Waals surface area contributed by atoms with Crippen LogP contribution in [0.15, 0.2) is 47.3 Å². The Labute approximate surface area is 184 Å². The van der Waals surface area contributed by atoms with Gasteiger partial charge in [0, 0.05) is 12.8 Å². The predicted molar refractivity (Wildman–Crippen MR) is 120 cm³/mol. The van der Waals surface area contributed by atoms with Crippen molar-refractivity contribution >= 4 is 34.3 Å². The number of aromatic nitrogens is 2. The first-order valence-electron chi connectivity index (χ1n) is 10.2. The molecule has 0 spiro atoms. The van der Waals surface area contributed by atoms with E-state index in [-0.39, 0.29) is 29.3 Å². The molecule has 32 heavy (non-hydrogen) atoms. The quantitative estimate of drug-likeness (QED) is 0.527. The molecule has 0 fully saturated rings. The molecule has 0 saturated heterocycles. The van der Waals surface area contributed by atoms with Gasteiger partial charge < -0.3 is 15.0 Å². The monoisotopic (exact) mass is 440 g/mol. The number of carbonyl (C=O) groups is 2. The van der Waals surface area contributed by atoms with E-state index in [0.717, 1.165) is 6.07 Å². The standard InChI is InChI=1S/C23H25FN4O4/c1-23(2,3)32-22(31)27-17-12-11-14(24)13-18(17)26-20(29)10-6-9-19-25-16-8-5-4-7-15(16)21(30)28-19/h4-5,7-8,11-13H,6,9-10H2,1-3H3,(H,26,29)(H,27,31)(H,25,28,30). The largest absolute Gasteiger partial charge is 0.444 e. The number of hydrogen-bond acceptors (Lipinski definition) is 5. The van der Waals surface area contributed by atoms with E-state index in [2.05, 4.69) is 20.6 Å². The summed E-state index contributed by atoms with van der Waals surface area (Å²) in [6.07, 6.45) is 0.196. The molecule has 168 valence electrons. The summed E-state index contributed by atoms with van der Waals surface area (Å²) in [7, 11) is 0. The van der Waals surface area contributed by atoms with Gasteiger partial charge in [-0.1, -0.05) is 12.1 Å². The van der Waals surface area contributed by atoms with Gasteiger partial charge in [0.2, 0.25) is 5.91 Å². The summed E-state index contributed by atoms with van der Waals surface area (Å²) in [6, 6.07) is 10.6. The van der Waals surface area contributed by atoms with Crippen LogP contribution < -0.4 is 16.2 Å². The Kier molecular flexibility index (Phi) is 6.87. The van der Waals surface area contributed by atoms with Crippen LogP contribution in [0.3, 0.4) is 0 Å². The van der Waals surface area contributed by atoms with Crippen LogP contribution in [0.4, 0.5) is 20.6 Å². The summed E-state index contributed by atoms with van der Waals surface area (Å²) in [6.45, 7) is 5.16. The number of aromatic amines is 1. The molecule has 3 rings (SSSR count). The Morgan fingerprint density at radius 1 is 1.09 bits per heavy atom. The minimum atomic E-state index is -0.717. The molecule has 0 radical (unpaired) electrons. The molecule has 2 amide bonds. The van der Waals surface area contributed by atoms with Crippen LogP contribution in [0.5, 0.6) is 0 Å². The average Bonchev–Trinajstić information content (AvgIpc) is 2.69. The van der Waals surface area contributed by atoms with E-state index >= 15 is 0 Å². The first kappa shape index (κ1) is 22.9. The Hall–Kier alpha value is -3.75. The number of halogens is 1. The first-order chi connectivity index (χ1) is 15.1. The van der Waals surface area contributed by atoms with Crippen LogP contribution in [-0.4, -0.2) is 27.6 Å². The second-order valence-corrected chi connectivity index (χ2v) is 8.25. The van der Waals surface area contributed by atoms with Crippen molar-refractivity contribution in [2.75, 3.05) is 10.6 Å². The van der Waals surface area contributed by atoms with E-state index in [9.17, 15) is 18.8 Å². The lowest BCUT2D eigenvalue weighted by Crippen LogP contribution is -2.27. The van der Waals surface area contributed by atoms with Gasteiger partial charge in [-0.05, 0) is 57.5 Å². The smallest absolute Gasteiger partial charge is 0.412 e. The molecule has 2 aromatic carbocycles. The number of nitrogens with one attached hydrogen (secondary N) is 3. The summed E-state index contributed by atoms with van der Waals surface area (Å²) in [5.41, 5.74) is -0.000658. The maximum atomic E-state index is 13.7. The number of para-hydroxylation sites is 1. The van der Waals surface area contributed by atoms with Crippen molar-refractivity contribution in [3.05, 3.63) is 64.5 Å². The minimum Gasteiger partial charge on any atom is -0.444 e. The van der Waals surface area contributed by atoms with E-state index in [1.165, 1.54) is 12.1 Å². The number of carbonyl (C=O) groups excluding carboxylic acids is 2. The molecule has 0 aliphatic carbocycles. The van der Waals surface area contributed by atoms with Crippen molar-refractivity contribution in [2.24, 2.45) is 0 Å². The second kappa shape index (κ2) is 9.59. The predicted octanol–water partition coefficient (Wildman–Crippen LogP) is 4.37. The van der Waals surface area contributed by atoms with Crippen molar-refractivity contribution in [1.82, 2.24) is 9.97 Å². The number of ether oxygens (including phenoxy) is 1. The molecule has 0 bridgehead atoms. The lowest BCUT2D eigenvalue weighted by atomic mass is 10.2. The van der Waals surface area contributed by atoms with Crippen molar-refractivity contribution in [2.45, 2.75) is 45.6 Å². The van der Waals surface area contributed by atoms with Gasteiger partial charge in [0.25, 0.3) is 5.56 Å². The fraction of sp³-hybridized carbons (Fsp3) is 0.304. The average molecular weight is 440 g/mol. The van der Waals surface area contributed by atoms with Gasteiger partial charge in [-0.25, -0.2) is 14.2 Å². The zero-order chi connectivity index (χ0) is 23.3. The normalized spacial score (nSPS) is 11.2. The van der Waals surface area contributed by atoms with Gasteiger partial charge in [0.15, 0.2) is 0 Å². The van der Waals surface area contributed by atoms with E-state index in [1.54, 1.807) is 45.0 Å². The number of anilines is 2. The summed E-state index contributed by atoms with van der Waals surface area (Å²) in [5, 5.41) is 5.62. The SMILES string of the molecule is CC(C)(C)OC(=O)Nc1ccc(F)cc1NC(=O)CCCc1nc2ccccc2c(=O)[nH]1. The molecule has 9 heteroatoms. The Balaban J connectivity index is 1.61. The molecule has 0 aliphatic rings. The zero-order valence-electron chi connectivity index (χ0n) is 18.1. The van der Waals surface area contributed by atoms with Gasteiger partial charge >= 0.3 is 6.09 Å². The molecule has 1 heterocycles. The van der Waals surface area contributed by atoms with Crippen LogP contribution in [0, 0.1) is 5.82 Å². The first-order valence-corrected chi connectivity index (χ1v) is 10.2. The topological polar surface area (TPSA) is 113 Å². The van der Waals surface area contributed by atoms with E-state index in [4.69, 9.17) is 4.74 Å². The van der Waals surface area contributed by atoms with Crippen LogP contribution in [0.2, 0.25) is 0 Å². The van der Waals surface area contributed by atoms with Crippen molar-refractivity contribution < 1.29 is 18.7 Å². The molecule has 0 aliphatic heterocycles. The lowest BCUT2D eigenvalue weighted by molar-refractivity contribution is -0.116. The van der Waals surface area contributed by atoms with E-state index in [0.29, 0.717) is 29.6 Å². The number of aryl methyl sites for hydroxylation is 1. The Morgan fingerprint density at radius 3 is 2.59 bits per heavy atom. The van der Waals surface area contributed by atoms with Crippen LogP contribution in [0.1, 0.15) is 39.4 Å². The summed E-state index contributed by atoms with van der Waals surface area (Å²) < 4.78 is 18.9. The molecule has 0 atom stereocenters. The molecule has 0 unspecified atom stereocenters. The summed E-state index contributed by atoms with van der Waals surface area (Å²) >= 11 is 0. The van der Waals surface area contributed by atoms with Gasteiger partial charge in [-0.15, -0.1) is 0 Å². The number of nitrogens with zero attached hydrogens (tertiary/aromatic N) is 1. The third-order valence-electron chi connectivity index (χ3n) is 4.37. The maximum Gasteiger partial charge on any atom is 0.412 e. The van der Waals surface area contributed by atoms with Crippen LogP contribution >= 0.6 is 0 Å². The fourth-order valence-electron chi connectivity index (χ4n) is 3.02. The van der Waals surface area contributed by atoms with E-state index < -0.39 is 17.5 Å². The summed E-state index contributed by atoms with van der Waals surface area (Å²) in [5.74, 6) is -0.446. The maximum absolute atomic E-state index is 13.7. The molecule has 3 aromatic rings. The molecule has 8 nitrogen and oxygen atoms in total. The number of benzene rings is 2. The number of amides is 2. The highest BCUT2D eigenvalue weighted by atomic mass is 19.1. The fourth-order valence-corrected chi connectivity index (χ4v) is 3.02. The highest BCUT2D eigenvalue weighted by Gasteiger charge is 2.18.